The molecule has 2 rings (SSSR count). The third kappa shape index (κ3) is 1.88. The molecule has 1 unspecified atom stereocenters. The number of hydrogen-bond acceptors (Lipinski definition) is 3. The number of sulfonamides is 1. The van der Waals surface area contributed by atoms with E-state index in [0.29, 0.717) is 4.90 Å². The van der Waals surface area contributed by atoms with E-state index < -0.39 is 10.0 Å². The largest absolute Gasteiger partial charge is 0.358 e. The van der Waals surface area contributed by atoms with E-state index in [4.69, 9.17) is 0 Å². The highest BCUT2D eigenvalue weighted by molar-refractivity contribution is 7.89. The molecule has 0 fully saturated rings. The first kappa shape index (κ1) is 15.1. The second-order valence-corrected chi connectivity index (χ2v) is 7.74. The van der Waals surface area contributed by atoms with Gasteiger partial charge < -0.3 is 5.32 Å². The number of anilines is 1. The predicted molar refractivity (Wildman–Crippen MR) is 82.7 cm³/mol. The minimum Gasteiger partial charge on any atom is -0.358 e. The number of nitrogens with zero attached hydrogens (tertiary/aromatic N) is 1. The molecule has 0 bridgehead atoms. The molecule has 0 saturated heterocycles. The van der Waals surface area contributed by atoms with Gasteiger partial charge in [0.15, 0.2) is 0 Å². The summed E-state index contributed by atoms with van der Waals surface area (Å²) in [6.07, 6.45) is 0. The summed E-state index contributed by atoms with van der Waals surface area (Å²) in [5.74, 6) is 0.125. The summed E-state index contributed by atoms with van der Waals surface area (Å²) >= 11 is 0. The van der Waals surface area contributed by atoms with Gasteiger partial charge in [0, 0.05) is 31.4 Å². The summed E-state index contributed by atoms with van der Waals surface area (Å²) < 4.78 is 26.5. The van der Waals surface area contributed by atoms with Gasteiger partial charge in [-0.1, -0.05) is 13.5 Å². The van der Waals surface area contributed by atoms with Gasteiger partial charge in [-0.15, -0.1) is 0 Å². The zero-order chi connectivity index (χ0) is 15.4. The van der Waals surface area contributed by atoms with Gasteiger partial charge in [-0.05, 0) is 43.0 Å². The van der Waals surface area contributed by atoms with Crippen molar-refractivity contribution >= 4 is 15.7 Å². The summed E-state index contributed by atoms with van der Waals surface area (Å²) in [4.78, 5) is 0.433. The number of fused-ring (bicyclic) bond motifs is 1. The fourth-order valence-corrected chi connectivity index (χ4v) is 4.27. The maximum absolute atomic E-state index is 12.6. The average molecular weight is 294 g/mol. The van der Waals surface area contributed by atoms with Crippen molar-refractivity contribution < 1.29 is 8.42 Å². The Morgan fingerprint density at radius 2 is 1.65 bits per heavy atom. The highest BCUT2D eigenvalue weighted by Gasteiger charge is 2.33. The van der Waals surface area contributed by atoms with E-state index in [1.54, 1.807) is 14.1 Å². The van der Waals surface area contributed by atoms with E-state index in [1.807, 2.05) is 20.8 Å². The Balaban J connectivity index is 2.88. The molecule has 1 aromatic rings. The molecule has 0 spiro atoms. The smallest absolute Gasteiger partial charge is 0.243 e. The molecule has 110 valence electrons. The third-order valence-electron chi connectivity index (χ3n) is 4.27. The fourth-order valence-electron chi connectivity index (χ4n) is 2.87. The van der Waals surface area contributed by atoms with Crippen LogP contribution < -0.4 is 5.32 Å². The van der Waals surface area contributed by atoms with Crippen LogP contribution in [0.3, 0.4) is 0 Å². The Morgan fingerprint density at radius 1 is 1.10 bits per heavy atom. The lowest BCUT2D eigenvalue weighted by Gasteiger charge is -2.21. The third-order valence-corrected chi connectivity index (χ3v) is 6.36. The molecule has 1 heterocycles. The molecule has 1 atom stereocenters. The Bertz CT molecular complexity index is 703. The molecular weight excluding hydrogens is 272 g/mol. The van der Waals surface area contributed by atoms with Crippen LogP contribution in [0.5, 0.6) is 0 Å². The van der Waals surface area contributed by atoms with E-state index in [9.17, 15) is 8.42 Å². The summed E-state index contributed by atoms with van der Waals surface area (Å²) in [6, 6.07) is 0. The van der Waals surface area contributed by atoms with Gasteiger partial charge in [-0.25, -0.2) is 12.7 Å². The molecule has 1 aromatic carbocycles. The molecule has 20 heavy (non-hydrogen) atoms. The van der Waals surface area contributed by atoms with Crippen LogP contribution in [0.1, 0.15) is 35.1 Å². The Morgan fingerprint density at radius 3 is 2.15 bits per heavy atom. The SMILES string of the molecule is C=C1Nc2c(C)c(C)c(S(=O)(=O)N(C)C)c(C)c2C1C. The number of rotatable bonds is 2. The first-order valence-electron chi connectivity index (χ1n) is 6.62. The van der Waals surface area contributed by atoms with Gasteiger partial charge in [0.2, 0.25) is 10.0 Å². The van der Waals surface area contributed by atoms with Gasteiger partial charge in [0.25, 0.3) is 0 Å². The zero-order valence-corrected chi connectivity index (χ0v) is 13.8. The summed E-state index contributed by atoms with van der Waals surface area (Å²) in [6.45, 7) is 11.8. The van der Waals surface area contributed by atoms with Crippen LogP contribution in [0, 0.1) is 20.8 Å². The van der Waals surface area contributed by atoms with Crippen molar-refractivity contribution in [2.24, 2.45) is 0 Å². The number of benzene rings is 1. The van der Waals surface area contributed by atoms with Crippen molar-refractivity contribution in [3.8, 4) is 0 Å². The van der Waals surface area contributed by atoms with Crippen LogP contribution >= 0.6 is 0 Å². The molecular formula is C15H22N2O2S. The number of nitrogens with one attached hydrogen (secondary N) is 1. The lowest BCUT2D eigenvalue weighted by atomic mass is 9.92. The van der Waals surface area contributed by atoms with Gasteiger partial charge in [0.05, 0.1) is 4.90 Å². The van der Waals surface area contributed by atoms with Crippen LogP contribution in [-0.4, -0.2) is 26.8 Å². The maximum atomic E-state index is 12.6. The Hall–Kier alpha value is -1.33. The van der Waals surface area contributed by atoms with Crippen LogP contribution in [0.4, 0.5) is 5.69 Å². The topological polar surface area (TPSA) is 49.4 Å². The van der Waals surface area contributed by atoms with Gasteiger partial charge in [-0.3, -0.25) is 0 Å². The van der Waals surface area contributed by atoms with Crippen molar-refractivity contribution in [1.29, 1.82) is 0 Å². The molecule has 0 aromatic heterocycles. The van der Waals surface area contributed by atoms with E-state index >= 15 is 0 Å². The highest BCUT2D eigenvalue weighted by Crippen LogP contribution is 2.45. The van der Waals surface area contributed by atoms with E-state index in [0.717, 1.165) is 33.6 Å². The van der Waals surface area contributed by atoms with Gasteiger partial charge in [-0.2, -0.15) is 0 Å². The Kier molecular flexibility index (Phi) is 3.47. The van der Waals surface area contributed by atoms with Crippen molar-refractivity contribution in [2.45, 2.75) is 38.5 Å². The average Bonchev–Trinajstić information content (AvgIpc) is 2.63. The number of allylic oxidation sites excluding steroid dienone is 1. The second-order valence-electron chi connectivity index (χ2n) is 5.65. The second kappa shape index (κ2) is 4.60. The fraction of sp³-hybridized carbons (Fsp3) is 0.467. The van der Waals surface area contributed by atoms with E-state index in [1.165, 1.54) is 4.31 Å². The highest BCUT2D eigenvalue weighted by atomic mass is 32.2. The first-order valence-corrected chi connectivity index (χ1v) is 8.06. The van der Waals surface area contributed by atoms with Crippen LogP contribution in [0.2, 0.25) is 0 Å². The minimum atomic E-state index is -3.45. The monoisotopic (exact) mass is 294 g/mol. The quantitative estimate of drug-likeness (QED) is 0.912. The van der Waals surface area contributed by atoms with Crippen LogP contribution in [-0.2, 0) is 10.0 Å². The zero-order valence-electron chi connectivity index (χ0n) is 13.0. The molecule has 1 N–H and O–H groups in total. The molecule has 0 radical (unpaired) electrons. The summed E-state index contributed by atoms with van der Waals surface area (Å²) in [7, 11) is -0.314. The van der Waals surface area contributed by atoms with Gasteiger partial charge in [0.1, 0.15) is 0 Å². The molecule has 0 saturated carbocycles. The standard InChI is InChI=1S/C15H22N2O2S/c1-8-9(2)15(20(18,19)17(6)7)11(4)13-10(3)12(5)16-14(8)13/h10,16H,5H2,1-4,6-7H3. The molecule has 0 aliphatic carbocycles. The van der Waals surface area contributed by atoms with E-state index in [2.05, 4.69) is 18.8 Å². The lowest BCUT2D eigenvalue weighted by molar-refractivity contribution is 0.519. The summed E-state index contributed by atoms with van der Waals surface area (Å²) in [5, 5.41) is 3.30. The van der Waals surface area contributed by atoms with Crippen molar-refractivity contribution in [1.82, 2.24) is 4.31 Å². The normalized spacial score (nSPS) is 18.4. The van der Waals surface area contributed by atoms with Crippen molar-refractivity contribution in [3.05, 3.63) is 34.5 Å². The lowest BCUT2D eigenvalue weighted by Crippen LogP contribution is -2.24. The molecule has 1 aliphatic rings. The Labute approximate surface area is 121 Å². The molecule has 5 heteroatoms. The molecule has 1 aliphatic heterocycles. The summed E-state index contributed by atoms with van der Waals surface area (Å²) in [5.41, 5.74) is 5.62. The minimum absolute atomic E-state index is 0.125. The van der Waals surface area contributed by atoms with Crippen LogP contribution in [0.25, 0.3) is 0 Å². The predicted octanol–water partition coefficient (Wildman–Crippen LogP) is 2.90. The molecule has 4 nitrogen and oxygen atoms in total. The maximum Gasteiger partial charge on any atom is 0.243 e. The van der Waals surface area contributed by atoms with Gasteiger partial charge >= 0.3 is 0 Å². The van der Waals surface area contributed by atoms with Crippen LogP contribution in [0.15, 0.2) is 17.2 Å². The molecule has 0 amide bonds. The van der Waals surface area contributed by atoms with E-state index in [-0.39, 0.29) is 5.92 Å². The first-order chi connectivity index (χ1) is 9.10. The van der Waals surface area contributed by atoms with Crippen molar-refractivity contribution in [3.63, 3.8) is 0 Å². The number of hydrogen-bond donors (Lipinski definition) is 1. The van der Waals surface area contributed by atoms with Crippen molar-refractivity contribution in [2.75, 3.05) is 19.4 Å².